The number of methoxy groups -OCH3 is 3. The van der Waals surface area contributed by atoms with Gasteiger partial charge in [-0.15, -0.1) is 0 Å². The first-order chi connectivity index (χ1) is 12.0. The monoisotopic (exact) mass is 345 g/mol. The predicted molar refractivity (Wildman–Crippen MR) is 96.2 cm³/mol. The fourth-order valence-electron chi connectivity index (χ4n) is 2.29. The van der Waals surface area contributed by atoms with Gasteiger partial charge >= 0.3 is 0 Å². The number of carbonyl (C=O) groups is 1. The lowest BCUT2D eigenvalue weighted by Gasteiger charge is -2.15. The molecule has 0 aliphatic heterocycles. The maximum Gasteiger partial charge on any atom is 0.270 e. The molecule has 1 heterocycles. The molecule has 0 unspecified atom stereocenters. The Bertz CT molecular complexity index is 722. The quantitative estimate of drug-likeness (QED) is 0.803. The Labute approximate surface area is 147 Å². The van der Waals surface area contributed by atoms with Crippen LogP contribution >= 0.6 is 0 Å². The molecule has 0 radical (unpaired) electrons. The number of nitrogens with one attached hydrogen (secondary N) is 2. The number of ether oxygens (including phenoxy) is 3. The number of hydrogen-bond acceptors (Lipinski definition) is 6. The number of pyridine rings is 1. The minimum atomic E-state index is -0.219. The van der Waals surface area contributed by atoms with Crippen molar-refractivity contribution in [3.8, 4) is 17.2 Å². The second-order valence-corrected chi connectivity index (χ2v) is 5.60. The van der Waals surface area contributed by atoms with Crippen LogP contribution in [0.3, 0.4) is 0 Å². The van der Waals surface area contributed by atoms with Gasteiger partial charge < -0.3 is 24.8 Å². The lowest BCUT2D eigenvalue weighted by atomic mass is 10.2. The first-order valence-electron chi connectivity index (χ1n) is 7.82. The number of carbonyl (C=O) groups excluding carboxylic acids is 1. The molecular weight excluding hydrogens is 322 g/mol. The molecule has 25 heavy (non-hydrogen) atoms. The molecule has 0 saturated carbocycles. The molecular formula is C18H23N3O4. The lowest BCUT2D eigenvalue weighted by Crippen LogP contribution is -2.30. The van der Waals surface area contributed by atoms with Gasteiger partial charge in [0.1, 0.15) is 5.69 Å². The molecule has 0 bridgehead atoms. The predicted octanol–water partition coefficient (Wildman–Crippen LogP) is 2.99. The Morgan fingerprint density at radius 3 is 2.16 bits per heavy atom. The van der Waals surface area contributed by atoms with E-state index in [-0.39, 0.29) is 11.9 Å². The van der Waals surface area contributed by atoms with E-state index in [9.17, 15) is 4.79 Å². The zero-order valence-corrected chi connectivity index (χ0v) is 15.0. The second kappa shape index (κ2) is 8.23. The summed E-state index contributed by atoms with van der Waals surface area (Å²) in [6, 6.07) is 7.07. The van der Waals surface area contributed by atoms with Gasteiger partial charge in [0.15, 0.2) is 11.5 Å². The minimum Gasteiger partial charge on any atom is -0.493 e. The summed E-state index contributed by atoms with van der Waals surface area (Å²) in [5.74, 6) is 1.37. The Morgan fingerprint density at radius 1 is 1.00 bits per heavy atom. The van der Waals surface area contributed by atoms with Gasteiger partial charge in [0.05, 0.1) is 21.3 Å². The molecule has 2 aromatic rings. The number of hydrogen-bond donors (Lipinski definition) is 2. The van der Waals surface area contributed by atoms with Gasteiger partial charge in [0.2, 0.25) is 5.75 Å². The fourth-order valence-corrected chi connectivity index (χ4v) is 2.29. The van der Waals surface area contributed by atoms with Gasteiger partial charge in [0.25, 0.3) is 5.91 Å². The van der Waals surface area contributed by atoms with Crippen LogP contribution in [0.5, 0.6) is 17.2 Å². The van der Waals surface area contributed by atoms with Crippen molar-refractivity contribution in [2.24, 2.45) is 0 Å². The van der Waals surface area contributed by atoms with Crippen LogP contribution in [0.15, 0.2) is 30.5 Å². The maximum atomic E-state index is 12.1. The molecule has 0 aliphatic rings. The van der Waals surface area contributed by atoms with E-state index >= 15 is 0 Å². The third-order valence-electron chi connectivity index (χ3n) is 3.37. The molecule has 1 amide bonds. The van der Waals surface area contributed by atoms with Crippen molar-refractivity contribution >= 4 is 17.3 Å². The summed E-state index contributed by atoms with van der Waals surface area (Å²) >= 11 is 0. The number of anilines is 2. The average molecular weight is 345 g/mol. The molecule has 2 rings (SSSR count). The van der Waals surface area contributed by atoms with Crippen molar-refractivity contribution in [3.05, 3.63) is 36.2 Å². The fraction of sp³-hybridized carbons (Fsp3) is 0.333. The average Bonchev–Trinajstić information content (AvgIpc) is 2.60. The summed E-state index contributed by atoms with van der Waals surface area (Å²) in [6.07, 6.45) is 1.58. The van der Waals surface area contributed by atoms with Crippen molar-refractivity contribution < 1.29 is 19.0 Å². The van der Waals surface area contributed by atoms with Gasteiger partial charge in [-0.1, -0.05) is 0 Å². The molecule has 7 heteroatoms. The van der Waals surface area contributed by atoms with Crippen molar-refractivity contribution in [1.82, 2.24) is 10.3 Å². The molecule has 7 nitrogen and oxygen atoms in total. The van der Waals surface area contributed by atoms with Crippen molar-refractivity contribution in [3.63, 3.8) is 0 Å². The largest absolute Gasteiger partial charge is 0.493 e. The molecule has 0 atom stereocenters. The van der Waals surface area contributed by atoms with E-state index in [0.29, 0.717) is 22.9 Å². The highest BCUT2D eigenvalue weighted by atomic mass is 16.5. The van der Waals surface area contributed by atoms with E-state index in [0.717, 1.165) is 11.4 Å². The molecule has 0 saturated heterocycles. The van der Waals surface area contributed by atoms with E-state index in [1.165, 1.54) is 0 Å². The number of rotatable bonds is 7. The SMILES string of the molecule is COc1cc(Nc2ccnc(C(=O)NC(C)C)c2)cc(OC)c1OC. The van der Waals surface area contributed by atoms with E-state index < -0.39 is 0 Å². The highest BCUT2D eigenvalue weighted by Crippen LogP contribution is 2.40. The molecule has 0 spiro atoms. The number of amides is 1. The molecule has 2 N–H and O–H groups in total. The van der Waals surface area contributed by atoms with Gasteiger partial charge in [0, 0.05) is 35.7 Å². The van der Waals surface area contributed by atoms with E-state index in [4.69, 9.17) is 14.2 Å². The Balaban J connectivity index is 2.29. The summed E-state index contributed by atoms with van der Waals surface area (Å²) < 4.78 is 16.0. The normalized spacial score (nSPS) is 10.3. The molecule has 1 aromatic heterocycles. The van der Waals surface area contributed by atoms with Gasteiger partial charge in [-0.2, -0.15) is 0 Å². The molecule has 0 aliphatic carbocycles. The number of nitrogens with zero attached hydrogens (tertiary/aromatic N) is 1. The van der Waals surface area contributed by atoms with Crippen molar-refractivity contribution in [1.29, 1.82) is 0 Å². The van der Waals surface area contributed by atoms with Crippen LogP contribution in [0.1, 0.15) is 24.3 Å². The lowest BCUT2D eigenvalue weighted by molar-refractivity contribution is 0.0938. The summed E-state index contributed by atoms with van der Waals surface area (Å²) in [4.78, 5) is 16.2. The second-order valence-electron chi connectivity index (χ2n) is 5.60. The van der Waals surface area contributed by atoms with Crippen molar-refractivity contribution in [2.45, 2.75) is 19.9 Å². The topological polar surface area (TPSA) is 81.7 Å². The van der Waals surface area contributed by atoms with Crippen LogP contribution in [0, 0.1) is 0 Å². The van der Waals surface area contributed by atoms with E-state index in [2.05, 4.69) is 15.6 Å². The highest BCUT2D eigenvalue weighted by Gasteiger charge is 2.14. The first-order valence-corrected chi connectivity index (χ1v) is 7.82. The smallest absolute Gasteiger partial charge is 0.270 e. The number of benzene rings is 1. The van der Waals surface area contributed by atoms with Crippen molar-refractivity contribution in [2.75, 3.05) is 26.6 Å². The van der Waals surface area contributed by atoms with Gasteiger partial charge in [-0.25, -0.2) is 0 Å². The molecule has 134 valence electrons. The minimum absolute atomic E-state index is 0.0426. The van der Waals surface area contributed by atoms with Crippen LogP contribution in [-0.2, 0) is 0 Å². The third-order valence-corrected chi connectivity index (χ3v) is 3.37. The molecule has 1 aromatic carbocycles. The standard InChI is InChI=1S/C18H23N3O4/c1-11(2)20-18(22)14-8-12(6-7-19-14)21-13-9-15(23-3)17(25-5)16(10-13)24-4/h6-11H,1-5H3,(H,19,21)(H,20,22). The summed E-state index contributed by atoms with van der Waals surface area (Å²) in [6.45, 7) is 3.80. The first kappa shape index (κ1) is 18.4. The summed E-state index contributed by atoms with van der Waals surface area (Å²) in [5.41, 5.74) is 1.79. The van der Waals surface area contributed by atoms with Crippen LogP contribution in [0.25, 0.3) is 0 Å². The molecule has 0 fully saturated rings. The Hall–Kier alpha value is -2.96. The zero-order chi connectivity index (χ0) is 18.4. The Kier molecular flexibility index (Phi) is 6.05. The van der Waals surface area contributed by atoms with Crippen LogP contribution in [-0.4, -0.2) is 38.3 Å². The summed E-state index contributed by atoms with van der Waals surface area (Å²) in [5, 5.41) is 6.03. The summed E-state index contributed by atoms with van der Waals surface area (Å²) in [7, 11) is 4.67. The van der Waals surface area contributed by atoms with E-state index in [1.807, 2.05) is 13.8 Å². The van der Waals surface area contributed by atoms with Gasteiger partial charge in [-0.3, -0.25) is 9.78 Å². The van der Waals surface area contributed by atoms with Crippen LogP contribution in [0.4, 0.5) is 11.4 Å². The van der Waals surface area contributed by atoms with Gasteiger partial charge in [-0.05, 0) is 26.0 Å². The van der Waals surface area contributed by atoms with Crippen LogP contribution in [0.2, 0.25) is 0 Å². The third kappa shape index (κ3) is 4.53. The highest BCUT2D eigenvalue weighted by molar-refractivity contribution is 5.93. The van der Waals surface area contributed by atoms with E-state index in [1.54, 1.807) is 51.8 Å². The number of aromatic nitrogens is 1. The van der Waals surface area contributed by atoms with Crippen LogP contribution < -0.4 is 24.8 Å². The maximum absolute atomic E-state index is 12.1. The zero-order valence-electron chi connectivity index (χ0n) is 15.0. The Morgan fingerprint density at radius 2 is 1.64 bits per heavy atom.